The first-order chi connectivity index (χ1) is 4.41. The second kappa shape index (κ2) is 9.25. The van der Waals surface area contributed by atoms with Gasteiger partial charge in [0.05, 0.1) is 0 Å². The van der Waals surface area contributed by atoms with Crippen molar-refractivity contribution in [1.82, 2.24) is 0 Å². The van der Waals surface area contributed by atoms with E-state index >= 15 is 0 Å². The third kappa shape index (κ3) is 9.25. The summed E-state index contributed by atoms with van der Waals surface area (Å²) in [5, 5.41) is 0. The molecule has 2 N–H and O–H groups in total. The van der Waals surface area contributed by atoms with Crippen molar-refractivity contribution in [3.63, 3.8) is 0 Å². The third-order valence-corrected chi connectivity index (χ3v) is 3.49. The summed E-state index contributed by atoms with van der Waals surface area (Å²) in [6.45, 7) is 1.74. The van der Waals surface area contributed by atoms with E-state index in [4.69, 9.17) is 5.73 Å². The molecule has 0 aromatic heterocycles. The first-order valence-electron chi connectivity index (χ1n) is 2.65. The van der Waals surface area contributed by atoms with Gasteiger partial charge in [-0.25, -0.2) is 0 Å². The minimum atomic E-state index is 0.779. The molecule has 0 atom stereocenters. The van der Waals surface area contributed by atoms with Crippen LogP contribution in [0.1, 0.15) is 0 Å². The Morgan fingerprint density at radius 3 is 2.56 bits per heavy atom. The van der Waals surface area contributed by atoms with Crippen LogP contribution in [0.4, 0.5) is 0 Å². The molecule has 0 aromatic rings. The fraction of sp³-hybridized carbons (Fsp3) is 1.00. The fourth-order valence-electron chi connectivity index (χ4n) is 0.240. The number of hydrogen-bond acceptors (Lipinski definition) is 4. The molecule has 0 amide bonds. The predicted molar refractivity (Wildman–Crippen MR) is 47.0 cm³/mol. The van der Waals surface area contributed by atoms with E-state index in [9.17, 15) is 0 Å². The molecule has 0 saturated carbocycles. The van der Waals surface area contributed by atoms with Crippen LogP contribution in [0.2, 0.25) is 0 Å². The van der Waals surface area contributed by atoms with Gasteiger partial charge < -0.3 is 0 Å². The van der Waals surface area contributed by atoms with Crippen LogP contribution in [0.3, 0.4) is 0 Å². The molecule has 0 unspecified atom stereocenters. The summed E-state index contributed by atoms with van der Waals surface area (Å²) < 4.78 is 3.98. The van der Waals surface area contributed by atoms with Gasteiger partial charge in [0.15, 0.2) is 0 Å². The number of hydrogen-bond donors (Lipinski definition) is 1. The molecule has 0 rings (SSSR count). The number of nitrogens with two attached hydrogens (primary N) is 1. The van der Waals surface area contributed by atoms with E-state index in [0.717, 1.165) is 24.6 Å². The molecule has 0 aliphatic rings. The van der Waals surface area contributed by atoms with Crippen LogP contribution in [0.5, 0.6) is 0 Å². The first-order valence-corrected chi connectivity index (χ1v) is 6.18. The molecule has 0 fully saturated rings. The van der Waals surface area contributed by atoms with Crippen LogP contribution >= 0.6 is 21.6 Å². The Morgan fingerprint density at radius 2 is 2.00 bits per heavy atom. The van der Waals surface area contributed by atoms with E-state index in [0.29, 0.717) is 0 Å². The minimum absolute atomic E-state index is 0.779. The Balaban J connectivity index is 2.66. The summed E-state index contributed by atoms with van der Waals surface area (Å²) in [7, 11) is 3.67. The molecule has 0 radical (unpaired) electrons. The van der Waals surface area contributed by atoms with Crippen molar-refractivity contribution in [2.24, 2.45) is 8.92 Å². The Kier molecular flexibility index (Phi) is 10.5. The molecule has 0 spiro atoms. The quantitative estimate of drug-likeness (QED) is 0.441. The van der Waals surface area contributed by atoms with Gasteiger partial charge in [0, 0.05) is 0 Å². The van der Waals surface area contributed by atoms with Gasteiger partial charge in [-0.15, -0.1) is 0 Å². The van der Waals surface area contributed by atoms with Crippen LogP contribution in [0.15, 0.2) is 3.18 Å². The summed E-state index contributed by atoms with van der Waals surface area (Å²) in [6.07, 6.45) is 0. The van der Waals surface area contributed by atoms with Gasteiger partial charge >= 0.3 is 77.2 Å². The van der Waals surface area contributed by atoms with Gasteiger partial charge in [0.25, 0.3) is 0 Å². The molecule has 9 heavy (non-hydrogen) atoms. The van der Waals surface area contributed by atoms with Crippen molar-refractivity contribution in [1.29, 1.82) is 0 Å². The summed E-state index contributed by atoms with van der Waals surface area (Å²) in [5.41, 5.74) is 5.29. The van der Waals surface area contributed by atoms with Gasteiger partial charge in [0.2, 0.25) is 0 Å². The van der Waals surface area contributed by atoms with Crippen molar-refractivity contribution < 1.29 is 0 Å². The Hall–Kier alpha value is 1.25. The molecule has 0 aliphatic carbocycles. The average molecular weight is 278 g/mol. The van der Waals surface area contributed by atoms with E-state index in [1.165, 1.54) is 0 Å². The summed E-state index contributed by atoms with van der Waals surface area (Å²) >= 11 is 1.78. The van der Waals surface area contributed by atoms with Crippen LogP contribution in [0.25, 0.3) is 0 Å². The fourth-order valence-corrected chi connectivity index (χ4v) is 2.58. The maximum atomic E-state index is 5.29. The molecular weight excluding hydrogens is 268 g/mol. The molecule has 0 aromatic carbocycles. The van der Waals surface area contributed by atoms with Crippen molar-refractivity contribution in [3.05, 3.63) is 0 Å². The van der Waals surface area contributed by atoms with Gasteiger partial charge in [-0.05, 0) is 0 Å². The van der Waals surface area contributed by atoms with E-state index in [1.807, 2.05) is 21.6 Å². The number of nitrogens with zero attached hydrogens (tertiary/aromatic N) is 1. The van der Waals surface area contributed by atoms with Gasteiger partial charge in [-0.2, -0.15) is 0 Å². The normalized spacial score (nSPS) is 9.44. The zero-order valence-corrected chi connectivity index (χ0v) is 9.04. The monoisotopic (exact) mass is 280 g/mol. The van der Waals surface area contributed by atoms with Gasteiger partial charge in [-0.1, -0.05) is 0 Å². The summed E-state index contributed by atoms with van der Waals surface area (Å²) in [6, 6.07) is 0. The second-order valence-electron chi connectivity index (χ2n) is 1.29. The zero-order valence-electron chi connectivity index (χ0n) is 5.08. The molecule has 54 valence electrons. The SMILES string of the molecule is NCCSSCCN=[Te]. The maximum absolute atomic E-state index is 5.29. The molecule has 0 aliphatic heterocycles. The summed E-state index contributed by atoms with van der Waals surface area (Å²) in [5.74, 6) is 2.17. The van der Waals surface area contributed by atoms with Gasteiger partial charge in [-0.3, -0.25) is 0 Å². The average Bonchev–Trinajstić information content (AvgIpc) is 1.89. The first kappa shape index (κ1) is 10.2. The predicted octanol–water partition coefficient (Wildman–Crippen LogP) is 0.679. The molecule has 0 saturated heterocycles. The molecule has 0 bridgehead atoms. The zero-order chi connectivity index (χ0) is 6.95. The van der Waals surface area contributed by atoms with Crippen LogP contribution in [-0.4, -0.2) is 46.7 Å². The second-order valence-corrected chi connectivity index (χ2v) is 4.72. The van der Waals surface area contributed by atoms with Crippen LogP contribution in [-0.2, 0) is 0 Å². The number of rotatable bonds is 6. The van der Waals surface area contributed by atoms with Crippen LogP contribution in [0, 0.1) is 0 Å². The Labute approximate surface area is 76.9 Å². The van der Waals surface area contributed by atoms with E-state index in [1.54, 1.807) is 22.1 Å². The van der Waals surface area contributed by atoms with Crippen molar-refractivity contribution in [2.45, 2.75) is 0 Å². The van der Waals surface area contributed by atoms with E-state index in [2.05, 4.69) is 3.18 Å². The molecular formula is C4H10N2S2Te. The topological polar surface area (TPSA) is 38.4 Å². The van der Waals surface area contributed by atoms with E-state index < -0.39 is 0 Å². The molecule has 5 heteroatoms. The summed E-state index contributed by atoms with van der Waals surface area (Å²) in [4.78, 5) is 0. The third-order valence-electron chi connectivity index (χ3n) is 0.550. The van der Waals surface area contributed by atoms with E-state index in [-0.39, 0.29) is 0 Å². The standard InChI is InChI=1S/C4H10N2S2Te/c5-1-3-7-8-4-2-6-9/h1-5H2. The molecule has 2 nitrogen and oxygen atoms in total. The Bertz CT molecular complexity index is 71.6. The van der Waals surface area contributed by atoms with Crippen molar-refractivity contribution in [3.8, 4) is 0 Å². The van der Waals surface area contributed by atoms with Crippen LogP contribution < -0.4 is 5.73 Å². The van der Waals surface area contributed by atoms with Crippen molar-refractivity contribution >= 4 is 43.7 Å². The molecule has 0 heterocycles. The van der Waals surface area contributed by atoms with Gasteiger partial charge in [0.1, 0.15) is 0 Å². The van der Waals surface area contributed by atoms with Crippen molar-refractivity contribution in [2.75, 3.05) is 24.6 Å². The Morgan fingerprint density at radius 1 is 1.33 bits per heavy atom.